The number of allylic oxidation sites excluding steroid dienone is 1. The van der Waals surface area contributed by atoms with Gasteiger partial charge in [-0.15, -0.1) is 0 Å². The predicted molar refractivity (Wildman–Crippen MR) is 84.3 cm³/mol. The van der Waals surface area contributed by atoms with Gasteiger partial charge in [-0.05, 0) is 48.0 Å². The summed E-state index contributed by atoms with van der Waals surface area (Å²) in [5.74, 6) is 0.0748. The highest BCUT2D eigenvalue weighted by molar-refractivity contribution is 7.87. The summed E-state index contributed by atoms with van der Waals surface area (Å²) < 4.78 is 29.4. The number of anilines is 1. The molecule has 0 aliphatic carbocycles. The quantitative estimate of drug-likeness (QED) is 0.524. The van der Waals surface area contributed by atoms with Gasteiger partial charge in [-0.3, -0.25) is 0 Å². The normalized spacial score (nSPS) is 10.2. The lowest BCUT2D eigenvalue weighted by Gasteiger charge is -2.07. The minimum Gasteiger partial charge on any atom is -0.399 e. The molecule has 0 unspecified atom stereocenters. The summed E-state index contributed by atoms with van der Waals surface area (Å²) in [6.07, 6.45) is 1.34. The Morgan fingerprint density at radius 2 is 1.74 bits per heavy atom. The van der Waals surface area contributed by atoms with Crippen LogP contribution in [0.2, 0.25) is 0 Å². The van der Waals surface area contributed by atoms with Crippen molar-refractivity contribution < 1.29 is 12.6 Å². The first-order valence-corrected chi connectivity index (χ1v) is 7.77. The van der Waals surface area contributed by atoms with Crippen molar-refractivity contribution in [1.82, 2.24) is 0 Å². The predicted octanol–water partition coefficient (Wildman–Crippen LogP) is 2.47. The second-order valence-electron chi connectivity index (χ2n) is 4.46. The monoisotopic (exact) mass is 325 g/mol. The first-order chi connectivity index (χ1) is 10.9. The molecule has 6 nitrogen and oxygen atoms in total. The third-order valence-electron chi connectivity index (χ3n) is 2.78. The summed E-state index contributed by atoms with van der Waals surface area (Å²) in [5.41, 5.74) is 6.35. The van der Waals surface area contributed by atoms with Gasteiger partial charge in [0, 0.05) is 5.69 Å². The van der Waals surface area contributed by atoms with Gasteiger partial charge >= 0.3 is 10.1 Å². The minimum atomic E-state index is -3.99. The van der Waals surface area contributed by atoms with Crippen molar-refractivity contribution in [3.05, 3.63) is 59.7 Å². The number of nitrogen functional groups attached to an aromatic ring is 1. The van der Waals surface area contributed by atoms with Crippen molar-refractivity contribution in [3.63, 3.8) is 0 Å². The maximum atomic E-state index is 12.2. The summed E-state index contributed by atoms with van der Waals surface area (Å²) in [5, 5.41) is 17.5. The molecule has 2 rings (SSSR count). The Hall–Kier alpha value is -3.29. The lowest BCUT2D eigenvalue weighted by Crippen LogP contribution is -2.09. The molecule has 0 fully saturated rings. The number of hydrogen-bond donors (Lipinski definition) is 1. The van der Waals surface area contributed by atoms with E-state index in [0.717, 1.165) is 0 Å². The zero-order valence-corrected chi connectivity index (χ0v) is 12.6. The average Bonchev–Trinajstić information content (AvgIpc) is 2.53. The van der Waals surface area contributed by atoms with E-state index < -0.39 is 10.1 Å². The average molecular weight is 325 g/mol. The first kappa shape index (κ1) is 16.1. The van der Waals surface area contributed by atoms with Crippen LogP contribution in [0.25, 0.3) is 6.08 Å². The Morgan fingerprint density at radius 1 is 1.09 bits per heavy atom. The van der Waals surface area contributed by atoms with Crippen molar-refractivity contribution in [2.24, 2.45) is 0 Å². The maximum Gasteiger partial charge on any atom is 0.339 e. The number of nitriles is 2. The molecule has 0 bridgehead atoms. The highest BCUT2D eigenvalue weighted by Gasteiger charge is 2.16. The molecular weight excluding hydrogens is 314 g/mol. The van der Waals surface area contributed by atoms with Crippen LogP contribution in [0.3, 0.4) is 0 Å². The molecule has 0 amide bonds. The molecule has 114 valence electrons. The van der Waals surface area contributed by atoms with Crippen molar-refractivity contribution in [2.45, 2.75) is 4.90 Å². The summed E-state index contributed by atoms with van der Waals surface area (Å²) in [4.78, 5) is -0.0256. The third-order valence-corrected chi connectivity index (χ3v) is 4.05. The van der Waals surface area contributed by atoms with Crippen LogP contribution >= 0.6 is 0 Å². The van der Waals surface area contributed by atoms with Crippen LogP contribution < -0.4 is 9.92 Å². The van der Waals surface area contributed by atoms with Crippen LogP contribution in [0.15, 0.2) is 59.0 Å². The van der Waals surface area contributed by atoms with Gasteiger partial charge in [0.2, 0.25) is 0 Å². The molecule has 0 atom stereocenters. The number of hydrogen-bond acceptors (Lipinski definition) is 6. The molecular formula is C16H11N3O3S. The third kappa shape index (κ3) is 4.10. The fraction of sp³-hybridized carbons (Fsp3) is 0. The van der Waals surface area contributed by atoms with Crippen LogP contribution in [-0.2, 0) is 10.1 Å². The van der Waals surface area contributed by atoms with Gasteiger partial charge in [0.15, 0.2) is 0 Å². The Kier molecular flexibility index (Phi) is 4.65. The van der Waals surface area contributed by atoms with Crippen molar-refractivity contribution in [2.75, 3.05) is 5.73 Å². The second-order valence-corrected chi connectivity index (χ2v) is 6.01. The fourth-order valence-corrected chi connectivity index (χ4v) is 2.64. The standard InChI is InChI=1S/C16H11N3O3S/c17-10-13(11-18)8-12-2-1-3-15(9-12)22-23(20,21)16-6-4-14(19)5-7-16/h1-9H,19H2. The van der Waals surface area contributed by atoms with Crippen LogP contribution in [0.1, 0.15) is 5.56 Å². The van der Waals surface area contributed by atoms with E-state index in [1.807, 2.05) is 0 Å². The molecule has 23 heavy (non-hydrogen) atoms. The van der Waals surface area contributed by atoms with E-state index in [0.29, 0.717) is 11.3 Å². The van der Waals surface area contributed by atoms with Gasteiger partial charge in [-0.1, -0.05) is 12.1 Å². The van der Waals surface area contributed by atoms with Crippen LogP contribution in [0.5, 0.6) is 5.75 Å². The molecule has 0 radical (unpaired) electrons. The molecule has 0 saturated heterocycles. The van der Waals surface area contributed by atoms with Gasteiger partial charge in [0.1, 0.15) is 28.4 Å². The highest BCUT2D eigenvalue weighted by Crippen LogP contribution is 2.21. The second kappa shape index (κ2) is 6.65. The van der Waals surface area contributed by atoms with Crippen LogP contribution in [-0.4, -0.2) is 8.42 Å². The zero-order valence-electron chi connectivity index (χ0n) is 11.8. The largest absolute Gasteiger partial charge is 0.399 e. The number of nitrogens with zero attached hydrogens (tertiary/aromatic N) is 2. The molecule has 0 heterocycles. The van der Waals surface area contributed by atoms with Crippen LogP contribution in [0, 0.1) is 22.7 Å². The van der Waals surface area contributed by atoms with E-state index >= 15 is 0 Å². The Morgan fingerprint density at radius 3 is 2.35 bits per heavy atom. The topological polar surface area (TPSA) is 117 Å². The van der Waals surface area contributed by atoms with E-state index in [4.69, 9.17) is 20.4 Å². The van der Waals surface area contributed by atoms with Gasteiger partial charge in [-0.2, -0.15) is 18.9 Å². The Balaban J connectivity index is 2.31. The number of nitrogens with two attached hydrogens (primary N) is 1. The molecule has 0 aliphatic rings. The zero-order chi connectivity index (χ0) is 16.9. The van der Waals surface area contributed by atoms with Gasteiger partial charge in [-0.25, -0.2) is 0 Å². The number of rotatable bonds is 4. The van der Waals surface area contributed by atoms with Crippen molar-refractivity contribution >= 4 is 21.9 Å². The Labute approximate surface area is 133 Å². The minimum absolute atomic E-state index is 0.0256. The molecule has 0 aliphatic heterocycles. The molecule has 2 aromatic rings. The number of benzene rings is 2. The molecule has 7 heteroatoms. The van der Waals surface area contributed by atoms with Gasteiger partial charge in [0.25, 0.3) is 0 Å². The van der Waals surface area contributed by atoms with E-state index in [2.05, 4.69) is 0 Å². The molecule has 2 aromatic carbocycles. The molecule has 2 N–H and O–H groups in total. The molecule has 0 spiro atoms. The summed E-state index contributed by atoms with van der Waals surface area (Å²) in [6.45, 7) is 0. The lowest BCUT2D eigenvalue weighted by molar-refractivity contribution is 0.486. The van der Waals surface area contributed by atoms with E-state index in [9.17, 15) is 8.42 Å². The van der Waals surface area contributed by atoms with Crippen LogP contribution in [0.4, 0.5) is 5.69 Å². The fourth-order valence-electron chi connectivity index (χ4n) is 1.72. The summed E-state index contributed by atoms with van der Waals surface area (Å²) >= 11 is 0. The van der Waals surface area contributed by atoms with Gasteiger partial charge in [0.05, 0.1) is 0 Å². The lowest BCUT2D eigenvalue weighted by atomic mass is 10.1. The van der Waals surface area contributed by atoms with E-state index in [1.165, 1.54) is 42.5 Å². The first-order valence-electron chi connectivity index (χ1n) is 6.36. The molecule has 0 aromatic heterocycles. The SMILES string of the molecule is N#CC(C#N)=Cc1cccc(OS(=O)(=O)c2ccc(N)cc2)c1. The summed E-state index contributed by atoms with van der Waals surface area (Å²) in [7, 11) is -3.99. The highest BCUT2D eigenvalue weighted by atomic mass is 32.2. The van der Waals surface area contributed by atoms with E-state index in [1.54, 1.807) is 24.3 Å². The van der Waals surface area contributed by atoms with E-state index in [-0.39, 0.29) is 16.2 Å². The Bertz CT molecular complexity index is 918. The molecule has 0 saturated carbocycles. The van der Waals surface area contributed by atoms with Crippen molar-refractivity contribution in [3.8, 4) is 17.9 Å². The maximum absolute atomic E-state index is 12.2. The van der Waals surface area contributed by atoms with Crippen molar-refractivity contribution in [1.29, 1.82) is 10.5 Å². The summed E-state index contributed by atoms with van der Waals surface area (Å²) in [6, 6.07) is 15.1. The smallest absolute Gasteiger partial charge is 0.339 e. The van der Waals surface area contributed by atoms with Gasteiger partial charge < -0.3 is 9.92 Å².